The van der Waals surface area contributed by atoms with Crippen LogP contribution in [0.25, 0.3) is 0 Å². The van der Waals surface area contributed by atoms with Crippen LogP contribution in [0.4, 0.5) is 0 Å². The Bertz CT molecular complexity index is 672. The van der Waals surface area contributed by atoms with Crippen molar-refractivity contribution in [2.45, 2.75) is 51.1 Å². The van der Waals surface area contributed by atoms with Crippen molar-refractivity contribution in [1.82, 2.24) is 14.7 Å². The second kappa shape index (κ2) is 9.78. The number of likely N-dealkylation sites (N-methyl/N-ethyl adjacent to an activating group) is 1. The highest BCUT2D eigenvalue weighted by molar-refractivity contribution is 5.44. The number of ether oxygens (including phenoxy) is 1. The minimum Gasteiger partial charge on any atom is -0.496 e. The predicted octanol–water partition coefficient (Wildman–Crippen LogP) is 2.39. The van der Waals surface area contributed by atoms with E-state index in [1.165, 1.54) is 68.6 Å². The van der Waals surface area contributed by atoms with Crippen LogP contribution >= 0.6 is 0 Å². The molecule has 29 heavy (non-hydrogen) atoms. The Morgan fingerprint density at radius 3 is 2.55 bits per heavy atom. The first kappa shape index (κ1) is 21.1. The van der Waals surface area contributed by atoms with Crippen LogP contribution in [-0.4, -0.2) is 85.9 Å². The van der Waals surface area contributed by atoms with Gasteiger partial charge in [0.15, 0.2) is 0 Å². The van der Waals surface area contributed by atoms with Gasteiger partial charge in [-0.3, -0.25) is 9.80 Å². The number of likely N-dealkylation sites (tertiary alicyclic amines) is 1. The number of nitrogens with zero attached hydrogens (tertiary/aromatic N) is 3. The Labute approximate surface area is 176 Å². The van der Waals surface area contributed by atoms with E-state index in [-0.39, 0.29) is 0 Å². The van der Waals surface area contributed by atoms with Gasteiger partial charge in [0.1, 0.15) is 5.75 Å². The fourth-order valence-corrected chi connectivity index (χ4v) is 5.72. The second-order valence-corrected chi connectivity index (χ2v) is 9.34. The summed E-state index contributed by atoms with van der Waals surface area (Å²) >= 11 is 0. The van der Waals surface area contributed by atoms with Gasteiger partial charge in [0, 0.05) is 57.5 Å². The van der Waals surface area contributed by atoms with Gasteiger partial charge in [-0.2, -0.15) is 0 Å². The van der Waals surface area contributed by atoms with Gasteiger partial charge in [0.2, 0.25) is 0 Å². The van der Waals surface area contributed by atoms with Crippen molar-refractivity contribution in [3.8, 4) is 5.75 Å². The first-order chi connectivity index (χ1) is 14.2. The molecule has 0 aromatic heterocycles. The average Bonchev–Trinajstić information content (AvgIpc) is 3.20. The molecule has 0 unspecified atom stereocenters. The molecule has 4 rings (SSSR count). The number of aryl methyl sites for hydroxylation is 2. The third-order valence-electron chi connectivity index (χ3n) is 7.41. The lowest BCUT2D eigenvalue weighted by Crippen LogP contribution is -2.56. The number of hydrogen-bond donors (Lipinski definition) is 1. The molecule has 0 amide bonds. The SMILES string of the molecule is COc1cc2c(cc1CN1CC[C@H](N3CCN(C)CC3)[C@H](CCCO)C1)CCC2. The molecule has 0 radical (unpaired) electrons. The molecule has 1 aromatic carbocycles. The standard InChI is InChI=1S/C24H39N3O2/c1-25-10-12-27(13-11-25)23-8-9-26(17-21(23)7-4-14-28)18-22-15-19-5-3-6-20(19)16-24(22)29-2/h15-16,21,23,28H,3-14,17-18H2,1-2H3/t21-,23+/m1/s1. The van der Waals surface area contributed by atoms with E-state index < -0.39 is 0 Å². The minimum absolute atomic E-state index is 0.310. The number of rotatable bonds is 7. The topological polar surface area (TPSA) is 39.2 Å². The molecule has 5 nitrogen and oxygen atoms in total. The number of aliphatic hydroxyl groups excluding tert-OH is 1. The predicted molar refractivity (Wildman–Crippen MR) is 118 cm³/mol. The molecule has 5 heteroatoms. The van der Waals surface area contributed by atoms with Crippen LogP contribution in [-0.2, 0) is 19.4 Å². The first-order valence-electron chi connectivity index (χ1n) is 11.6. The number of piperazine rings is 1. The monoisotopic (exact) mass is 401 g/mol. The fraction of sp³-hybridized carbons (Fsp3) is 0.750. The smallest absolute Gasteiger partial charge is 0.123 e. The van der Waals surface area contributed by atoms with Crippen molar-refractivity contribution >= 4 is 0 Å². The van der Waals surface area contributed by atoms with Crippen molar-refractivity contribution in [1.29, 1.82) is 0 Å². The van der Waals surface area contributed by atoms with Crippen molar-refractivity contribution in [2.24, 2.45) is 5.92 Å². The zero-order valence-electron chi connectivity index (χ0n) is 18.4. The number of methoxy groups -OCH3 is 1. The Morgan fingerprint density at radius 1 is 1.07 bits per heavy atom. The van der Waals surface area contributed by atoms with Crippen LogP contribution in [0.1, 0.15) is 42.4 Å². The zero-order valence-corrected chi connectivity index (χ0v) is 18.4. The van der Waals surface area contributed by atoms with E-state index in [4.69, 9.17) is 4.74 Å². The quantitative estimate of drug-likeness (QED) is 0.760. The average molecular weight is 402 g/mol. The Morgan fingerprint density at radius 2 is 1.83 bits per heavy atom. The maximum atomic E-state index is 9.44. The molecule has 2 saturated heterocycles. The maximum absolute atomic E-state index is 9.44. The highest BCUT2D eigenvalue weighted by atomic mass is 16.5. The summed E-state index contributed by atoms with van der Waals surface area (Å²) < 4.78 is 5.76. The summed E-state index contributed by atoms with van der Waals surface area (Å²) in [6, 6.07) is 5.38. The fourth-order valence-electron chi connectivity index (χ4n) is 5.72. The number of aliphatic hydroxyl groups is 1. The summed E-state index contributed by atoms with van der Waals surface area (Å²) in [7, 11) is 4.04. The van der Waals surface area contributed by atoms with Gasteiger partial charge >= 0.3 is 0 Å². The minimum atomic E-state index is 0.310. The summed E-state index contributed by atoms with van der Waals surface area (Å²) in [5, 5.41) is 9.44. The maximum Gasteiger partial charge on any atom is 0.123 e. The van der Waals surface area contributed by atoms with E-state index in [1.54, 1.807) is 0 Å². The second-order valence-electron chi connectivity index (χ2n) is 9.34. The van der Waals surface area contributed by atoms with Crippen LogP contribution in [0.2, 0.25) is 0 Å². The summed E-state index contributed by atoms with van der Waals surface area (Å²) in [4.78, 5) is 7.80. The van der Waals surface area contributed by atoms with Gasteiger partial charge in [-0.15, -0.1) is 0 Å². The molecule has 3 aliphatic rings. The molecule has 0 saturated carbocycles. The van der Waals surface area contributed by atoms with Crippen LogP contribution < -0.4 is 4.74 Å². The lowest BCUT2D eigenvalue weighted by molar-refractivity contribution is 0.0210. The molecule has 2 fully saturated rings. The van der Waals surface area contributed by atoms with Gasteiger partial charge < -0.3 is 14.7 Å². The van der Waals surface area contributed by atoms with Crippen LogP contribution in [0.15, 0.2) is 12.1 Å². The molecular formula is C24H39N3O2. The van der Waals surface area contributed by atoms with Crippen molar-refractivity contribution in [3.05, 3.63) is 28.8 Å². The molecule has 1 N–H and O–H groups in total. The lowest BCUT2D eigenvalue weighted by Gasteiger charge is -2.46. The van der Waals surface area contributed by atoms with E-state index in [1.807, 2.05) is 7.11 Å². The molecule has 1 aromatic rings. The van der Waals surface area contributed by atoms with E-state index >= 15 is 0 Å². The Balaban J connectivity index is 1.43. The lowest BCUT2D eigenvalue weighted by atomic mass is 9.86. The Kier molecular flexibility index (Phi) is 7.12. The van der Waals surface area contributed by atoms with Gasteiger partial charge in [0.05, 0.1) is 7.11 Å². The molecule has 0 bridgehead atoms. The van der Waals surface area contributed by atoms with Crippen molar-refractivity contribution in [2.75, 3.05) is 60.0 Å². The molecule has 0 spiro atoms. The van der Waals surface area contributed by atoms with Crippen LogP contribution in [0.5, 0.6) is 5.75 Å². The van der Waals surface area contributed by atoms with E-state index in [0.717, 1.165) is 38.2 Å². The third-order valence-corrected chi connectivity index (χ3v) is 7.41. The summed E-state index contributed by atoms with van der Waals surface area (Å²) in [6.45, 7) is 8.33. The van der Waals surface area contributed by atoms with Crippen molar-refractivity contribution < 1.29 is 9.84 Å². The van der Waals surface area contributed by atoms with E-state index in [2.05, 4.69) is 33.9 Å². The third kappa shape index (κ3) is 4.96. The molecule has 2 heterocycles. The largest absolute Gasteiger partial charge is 0.496 e. The highest BCUT2D eigenvalue weighted by Gasteiger charge is 2.34. The van der Waals surface area contributed by atoms with Gasteiger partial charge in [0.25, 0.3) is 0 Å². The summed E-state index contributed by atoms with van der Waals surface area (Å²) in [5.74, 6) is 1.72. The van der Waals surface area contributed by atoms with Gasteiger partial charge in [-0.25, -0.2) is 0 Å². The molecule has 2 aliphatic heterocycles. The van der Waals surface area contributed by atoms with Crippen LogP contribution in [0.3, 0.4) is 0 Å². The molecule has 2 atom stereocenters. The van der Waals surface area contributed by atoms with Gasteiger partial charge in [-0.1, -0.05) is 6.07 Å². The number of benzene rings is 1. The molecular weight excluding hydrogens is 362 g/mol. The molecule has 162 valence electrons. The highest BCUT2D eigenvalue weighted by Crippen LogP contribution is 2.33. The summed E-state index contributed by atoms with van der Waals surface area (Å²) in [5.41, 5.74) is 4.37. The number of fused-ring (bicyclic) bond motifs is 1. The first-order valence-corrected chi connectivity index (χ1v) is 11.6. The van der Waals surface area contributed by atoms with Crippen LogP contribution in [0, 0.1) is 5.92 Å². The van der Waals surface area contributed by atoms with E-state index in [0.29, 0.717) is 18.6 Å². The number of hydrogen-bond acceptors (Lipinski definition) is 5. The normalized spacial score (nSPS) is 26.6. The number of piperidine rings is 1. The summed E-state index contributed by atoms with van der Waals surface area (Å²) in [6.07, 6.45) is 6.99. The molecule has 1 aliphatic carbocycles. The van der Waals surface area contributed by atoms with E-state index in [9.17, 15) is 5.11 Å². The van der Waals surface area contributed by atoms with Gasteiger partial charge in [-0.05, 0) is 75.2 Å². The zero-order chi connectivity index (χ0) is 20.2. The van der Waals surface area contributed by atoms with Crippen molar-refractivity contribution in [3.63, 3.8) is 0 Å². The Hall–Kier alpha value is -1.14.